The molecule has 2 N–H and O–H groups in total. The zero-order valence-corrected chi connectivity index (χ0v) is 20.0. The molecule has 1 aliphatic heterocycles. The Morgan fingerprint density at radius 1 is 1.03 bits per heavy atom. The fourth-order valence-electron chi connectivity index (χ4n) is 3.71. The predicted molar refractivity (Wildman–Crippen MR) is 134 cm³/mol. The van der Waals surface area contributed by atoms with E-state index in [9.17, 15) is 9.59 Å². The molecule has 0 saturated carbocycles. The van der Waals surface area contributed by atoms with Crippen molar-refractivity contribution in [2.45, 2.75) is 12.5 Å². The molecule has 1 unspecified atom stereocenters. The zero-order chi connectivity index (χ0) is 22.8. The summed E-state index contributed by atoms with van der Waals surface area (Å²) >= 11 is 7.78. The lowest BCUT2D eigenvalue weighted by Crippen LogP contribution is -2.51. The number of benzene rings is 2. The van der Waals surface area contributed by atoms with E-state index in [1.807, 2.05) is 12.3 Å². The minimum absolute atomic E-state index is 0.151. The van der Waals surface area contributed by atoms with Crippen molar-refractivity contribution in [3.05, 3.63) is 65.2 Å². The van der Waals surface area contributed by atoms with Crippen LogP contribution in [0.1, 0.15) is 16.8 Å². The Morgan fingerprint density at radius 2 is 1.72 bits per heavy atom. The molecule has 0 bridgehead atoms. The van der Waals surface area contributed by atoms with E-state index >= 15 is 0 Å². The number of halogens is 1. The Morgan fingerprint density at radius 3 is 2.41 bits per heavy atom. The van der Waals surface area contributed by atoms with Gasteiger partial charge in [0, 0.05) is 45.0 Å². The van der Waals surface area contributed by atoms with Gasteiger partial charge in [0.15, 0.2) is 0 Å². The van der Waals surface area contributed by atoms with Crippen LogP contribution in [0, 0.1) is 0 Å². The molecule has 3 rings (SSSR count). The molecule has 0 radical (unpaired) electrons. The fraction of sp³-hybridized carbons (Fsp3) is 0.417. The van der Waals surface area contributed by atoms with Gasteiger partial charge in [-0.3, -0.25) is 14.5 Å². The van der Waals surface area contributed by atoms with Crippen LogP contribution in [-0.4, -0.2) is 74.0 Å². The lowest BCUT2D eigenvalue weighted by molar-refractivity contribution is -0.123. The molecular weight excluding hydrogens is 444 g/mol. The molecule has 2 amide bonds. The van der Waals surface area contributed by atoms with Crippen LogP contribution < -0.4 is 15.5 Å². The largest absolute Gasteiger partial charge is 0.369 e. The third kappa shape index (κ3) is 7.15. The molecule has 1 saturated heterocycles. The second-order valence-corrected chi connectivity index (χ2v) is 9.14. The number of carbonyl (C=O) groups excluding carboxylic acids is 2. The van der Waals surface area contributed by atoms with Crippen LogP contribution >= 0.6 is 23.4 Å². The maximum absolute atomic E-state index is 12.8. The number of hydrogen-bond acceptors (Lipinski definition) is 5. The summed E-state index contributed by atoms with van der Waals surface area (Å²) in [6, 6.07) is 16.7. The normalized spacial score (nSPS) is 15.2. The van der Waals surface area contributed by atoms with E-state index in [4.69, 9.17) is 11.6 Å². The summed E-state index contributed by atoms with van der Waals surface area (Å²) < 4.78 is 0. The summed E-state index contributed by atoms with van der Waals surface area (Å²) in [5, 5.41) is 6.23. The maximum Gasteiger partial charge on any atom is 0.253 e. The number of piperazine rings is 1. The fourth-order valence-corrected chi connectivity index (χ4v) is 4.41. The Bertz CT molecular complexity index is 875. The number of nitrogens with zero attached hydrogens (tertiary/aromatic N) is 2. The van der Waals surface area contributed by atoms with Crippen molar-refractivity contribution < 1.29 is 9.59 Å². The molecule has 1 atom stereocenters. The van der Waals surface area contributed by atoms with Gasteiger partial charge in [0.05, 0.1) is 10.6 Å². The lowest BCUT2D eigenvalue weighted by Gasteiger charge is -2.36. The maximum atomic E-state index is 12.8. The van der Waals surface area contributed by atoms with Crippen molar-refractivity contribution >= 4 is 40.9 Å². The molecular formula is C24H31ClN4O2S. The summed E-state index contributed by atoms with van der Waals surface area (Å²) in [7, 11) is 0. The zero-order valence-electron chi connectivity index (χ0n) is 18.4. The van der Waals surface area contributed by atoms with Gasteiger partial charge in [-0.1, -0.05) is 41.9 Å². The van der Waals surface area contributed by atoms with Gasteiger partial charge in [0.1, 0.15) is 6.04 Å². The standard InChI is InChI=1S/C24H31ClN4O2S/c1-32-18-11-22(27-23(30)20-9-5-6-10-21(20)25)24(31)26-12-13-28-14-16-29(17-15-28)19-7-3-2-4-8-19/h2-10,22H,11-18H2,1H3,(H,26,31)(H,27,30). The Balaban J connectivity index is 1.45. The first-order chi connectivity index (χ1) is 15.6. The summed E-state index contributed by atoms with van der Waals surface area (Å²) in [4.78, 5) is 30.1. The van der Waals surface area contributed by atoms with E-state index in [1.165, 1.54) is 5.69 Å². The van der Waals surface area contributed by atoms with Crippen molar-refractivity contribution in [2.24, 2.45) is 0 Å². The van der Waals surface area contributed by atoms with E-state index in [-0.39, 0.29) is 11.8 Å². The van der Waals surface area contributed by atoms with Crippen LogP contribution in [0.4, 0.5) is 5.69 Å². The number of anilines is 1. The average Bonchev–Trinajstić information content (AvgIpc) is 2.82. The number of para-hydroxylation sites is 1. The Kier molecular flexibility index (Phi) is 9.71. The highest BCUT2D eigenvalue weighted by Gasteiger charge is 2.22. The Labute approximate surface area is 199 Å². The van der Waals surface area contributed by atoms with Gasteiger partial charge in [0.2, 0.25) is 5.91 Å². The number of hydrogen-bond donors (Lipinski definition) is 2. The van der Waals surface area contributed by atoms with Gasteiger partial charge in [-0.2, -0.15) is 11.8 Å². The molecule has 1 heterocycles. The molecule has 8 heteroatoms. The third-order valence-corrected chi connectivity index (χ3v) is 6.55. The molecule has 172 valence electrons. The second kappa shape index (κ2) is 12.7. The number of amides is 2. The van der Waals surface area contributed by atoms with Gasteiger partial charge in [-0.15, -0.1) is 0 Å². The summed E-state index contributed by atoms with van der Waals surface area (Å²) in [5.74, 6) is 0.304. The second-order valence-electron chi connectivity index (χ2n) is 7.74. The minimum Gasteiger partial charge on any atom is -0.369 e. The molecule has 0 aromatic heterocycles. The highest BCUT2D eigenvalue weighted by molar-refractivity contribution is 7.98. The molecule has 1 fully saturated rings. The smallest absolute Gasteiger partial charge is 0.253 e. The van der Waals surface area contributed by atoms with Crippen LogP contribution in [0.25, 0.3) is 0 Å². The van der Waals surface area contributed by atoms with E-state index in [0.29, 0.717) is 23.6 Å². The van der Waals surface area contributed by atoms with Crippen molar-refractivity contribution in [3.63, 3.8) is 0 Å². The average molecular weight is 475 g/mol. The number of nitrogens with one attached hydrogen (secondary N) is 2. The number of rotatable bonds is 10. The highest BCUT2D eigenvalue weighted by atomic mass is 35.5. The minimum atomic E-state index is -0.582. The van der Waals surface area contributed by atoms with Gasteiger partial charge in [-0.25, -0.2) is 0 Å². The van der Waals surface area contributed by atoms with Crippen molar-refractivity contribution in [1.82, 2.24) is 15.5 Å². The molecule has 32 heavy (non-hydrogen) atoms. The first-order valence-corrected chi connectivity index (χ1v) is 12.7. The van der Waals surface area contributed by atoms with Gasteiger partial charge in [-0.05, 0) is 42.7 Å². The van der Waals surface area contributed by atoms with E-state index in [0.717, 1.165) is 38.5 Å². The van der Waals surface area contributed by atoms with Crippen LogP contribution in [0.5, 0.6) is 0 Å². The van der Waals surface area contributed by atoms with Crippen molar-refractivity contribution in [2.75, 3.05) is 56.2 Å². The van der Waals surface area contributed by atoms with Crippen LogP contribution in [0.2, 0.25) is 5.02 Å². The third-order valence-electron chi connectivity index (χ3n) is 5.57. The van der Waals surface area contributed by atoms with Gasteiger partial charge in [0.25, 0.3) is 5.91 Å². The highest BCUT2D eigenvalue weighted by Crippen LogP contribution is 2.16. The molecule has 2 aromatic carbocycles. The molecule has 6 nitrogen and oxygen atoms in total. The van der Waals surface area contributed by atoms with Crippen molar-refractivity contribution in [1.29, 1.82) is 0 Å². The molecule has 0 aliphatic carbocycles. The number of carbonyl (C=O) groups is 2. The van der Waals surface area contributed by atoms with E-state index in [2.05, 4.69) is 44.7 Å². The number of thioether (sulfide) groups is 1. The summed E-state index contributed by atoms with van der Waals surface area (Å²) in [5.41, 5.74) is 1.64. The molecule has 2 aromatic rings. The van der Waals surface area contributed by atoms with Crippen LogP contribution in [0.15, 0.2) is 54.6 Å². The van der Waals surface area contributed by atoms with Gasteiger partial charge >= 0.3 is 0 Å². The topological polar surface area (TPSA) is 64.7 Å². The van der Waals surface area contributed by atoms with Gasteiger partial charge < -0.3 is 15.5 Å². The monoisotopic (exact) mass is 474 g/mol. The first kappa shape index (κ1) is 24.4. The predicted octanol–water partition coefficient (Wildman–Crippen LogP) is 3.13. The molecule has 0 spiro atoms. The Hall–Kier alpha value is -2.22. The quantitative estimate of drug-likeness (QED) is 0.554. The summed E-state index contributed by atoms with van der Waals surface area (Å²) in [6.45, 7) is 5.22. The summed E-state index contributed by atoms with van der Waals surface area (Å²) in [6.07, 6.45) is 2.55. The lowest BCUT2D eigenvalue weighted by atomic mass is 10.1. The van der Waals surface area contributed by atoms with Crippen LogP contribution in [0.3, 0.4) is 0 Å². The van der Waals surface area contributed by atoms with E-state index < -0.39 is 6.04 Å². The van der Waals surface area contributed by atoms with Crippen LogP contribution in [-0.2, 0) is 4.79 Å². The SMILES string of the molecule is CSCCC(NC(=O)c1ccccc1Cl)C(=O)NCCN1CCN(c2ccccc2)CC1. The van der Waals surface area contributed by atoms with E-state index in [1.54, 1.807) is 36.0 Å². The molecule has 1 aliphatic rings. The first-order valence-electron chi connectivity index (χ1n) is 10.9. The van der Waals surface area contributed by atoms with Crippen molar-refractivity contribution in [3.8, 4) is 0 Å².